The smallest absolute Gasteiger partial charge is 0.219 e. The summed E-state index contributed by atoms with van der Waals surface area (Å²) in [4.78, 5) is 15.4. The van der Waals surface area contributed by atoms with Gasteiger partial charge in [0.2, 0.25) is 5.91 Å². The van der Waals surface area contributed by atoms with E-state index in [4.69, 9.17) is 17.3 Å². The largest absolute Gasteiger partial charge is 0.370 e. The lowest BCUT2D eigenvalue weighted by Gasteiger charge is -2.15. The molecule has 19 heavy (non-hydrogen) atoms. The first-order valence-electron chi connectivity index (χ1n) is 5.95. The van der Waals surface area contributed by atoms with Gasteiger partial charge in [-0.2, -0.15) is 0 Å². The van der Waals surface area contributed by atoms with Crippen molar-refractivity contribution in [2.75, 3.05) is 0 Å². The Bertz CT molecular complexity index is 638. The molecule has 6 heteroatoms. The number of benzene rings is 1. The van der Waals surface area contributed by atoms with Crippen LogP contribution in [0.1, 0.15) is 30.8 Å². The Morgan fingerprint density at radius 2 is 2.26 bits per heavy atom. The summed E-state index contributed by atoms with van der Waals surface area (Å²) in [5.41, 5.74) is 7.06. The molecule has 1 aromatic carbocycles. The fourth-order valence-corrected chi connectivity index (χ4v) is 2.43. The number of amides is 1. The number of hydrogen-bond acceptors (Lipinski definition) is 2. The number of nitrogens with two attached hydrogens (primary N) is 1. The molecule has 0 spiro atoms. The minimum absolute atomic E-state index is 0.166. The number of halogens is 2. The van der Waals surface area contributed by atoms with Gasteiger partial charge in [0.1, 0.15) is 11.6 Å². The van der Waals surface area contributed by atoms with Crippen molar-refractivity contribution >= 4 is 28.5 Å². The first-order valence-corrected chi connectivity index (χ1v) is 6.48. The Hall–Kier alpha value is -1.62. The molecule has 2 N–H and O–H groups in total. The third-order valence-electron chi connectivity index (χ3n) is 3.10. The van der Waals surface area contributed by atoms with Crippen LogP contribution in [0, 0.1) is 12.7 Å². The van der Waals surface area contributed by atoms with Gasteiger partial charge in [0.05, 0.1) is 16.9 Å². The molecule has 1 unspecified atom stereocenters. The molecule has 0 saturated heterocycles. The molecule has 0 radical (unpaired) electrons. The zero-order valence-electron chi connectivity index (χ0n) is 10.8. The number of alkyl halides is 1. The number of fused-ring (bicyclic) bond motifs is 1. The summed E-state index contributed by atoms with van der Waals surface area (Å²) >= 11 is 5.87. The van der Waals surface area contributed by atoms with Gasteiger partial charge in [0.25, 0.3) is 0 Å². The van der Waals surface area contributed by atoms with Gasteiger partial charge in [-0.3, -0.25) is 4.79 Å². The molecule has 102 valence electrons. The Morgan fingerprint density at radius 1 is 1.58 bits per heavy atom. The second-order valence-corrected chi connectivity index (χ2v) is 4.91. The predicted molar refractivity (Wildman–Crippen MR) is 72.5 cm³/mol. The quantitative estimate of drug-likeness (QED) is 0.877. The van der Waals surface area contributed by atoms with Gasteiger partial charge in [0.15, 0.2) is 0 Å². The number of imidazole rings is 1. The van der Waals surface area contributed by atoms with E-state index in [1.165, 1.54) is 6.07 Å². The number of nitrogens with zero attached hydrogens (tertiary/aromatic N) is 2. The first-order chi connectivity index (χ1) is 8.93. The van der Waals surface area contributed by atoms with Gasteiger partial charge in [-0.15, -0.1) is 11.6 Å². The molecule has 0 aliphatic rings. The van der Waals surface area contributed by atoms with Gasteiger partial charge in [0, 0.05) is 18.5 Å². The summed E-state index contributed by atoms with van der Waals surface area (Å²) in [6, 6.07) is 2.93. The number of carbonyl (C=O) groups is 1. The average molecular weight is 284 g/mol. The molecule has 1 aromatic heterocycles. The zero-order valence-corrected chi connectivity index (χ0v) is 11.5. The van der Waals surface area contributed by atoms with Crippen LogP contribution in [-0.4, -0.2) is 15.5 Å². The lowest BCUT2D eigenvalue weighted by atomic mass is 10.1. The number of primary amides is 1. The molecular formula is C13H15ClFN3O. The van der Waals surface area contributed by atoms with Crippen molar-refractivity contribution in [1.29, 1.82) is 0 Å². The van der Waals surface area contributed by atoms with E-state index < -0.39 is 5.91 Å². The topological polar surface area (TPSA) is 60.9 Å². The van der Waals surface area contributed by atoms with Crippen molar-refractivity contribution in [1.82, 2.24) is 9.55 Å². The number of rotatable bonds is 4. The fraction of sp³-hybridized carbons (Fsp3) is 0.385. The molecule has 0 bridgehead atoms. The van der Waals surface area contributed by atoms with Crippen molar-refractivity contribution in [3.05, 3.63) is 29.3 Å². The standard InChI is InChI=1S/C13H15ClFN3O/c1-7-3-11-10(5-9(7)15)17-13(6-14)18(11)8(2)4-12(16)19/h3,5,8H,4,6H2,1-2H3,(H2,16,19). The zero-order chi connectivity index (χ0) is 14.2. The maximum atomic E-state index is 13.5. The summed E-state index contributed by atoms with van der Waals surface area (Å²) in [6.45, 7) is 3.55. The lowest BCUT2D eigenvalue weighted by Crippen LogP contribution is -2.18. The third kappa shape index (κ3) is 2.56. The van der Waals surface area contributed by atoms with Crippen LogP contribution in [0.3, 0.4) is 0 Å². The van der Waals surface area contributed by atoms with E-state index >= 15 is 0 Å². The van der Waals surface area contributed by atoms with Crippen LogP contribution < -0.4 is 5.73 Å². The van der Waals surface area contributed by atoms with Crippen LogP contribution in [0.2, 0.25) is 0 Å². The van der Waals surface area contributed by atoms with E-state index in [2.05, 4.69) is 4.98 Å². The van der Waals surface area contributed by atoms with Crippen LogP contribution in [0.4, 0.5) is 4.39 Å². The second-order valence-electron chi connectivity index (χ2n) is 4.64. The van der Waals surface area contributed by atoms with E-state index in [1.807, 2.05) is 11.5 Å². The van der Waals surface area contributed by atoms with Crippen LogP contribution in [-0.2, 0) is 10.7 Å². The minimum atomic E-state index is -0.395. The van der Waals surface area contributed by atoms with E-state index in [-0.39, 0.29) is 24.2 Å². The summed E-state index contributed by atoms with van der Waals surface area (Å²) in [7, 11) is 0. The number of aromatic nitrogens is 2. The van der Waals surface area contributed by atoms with Crippen LogP contribution in [0.25, 0.3) is 11.0 Å². The fourth-order valence-electron chi connectivity index (χ4n) is 2.24. The minimum Gasteiger partial charge on any atom is -0.370 e. The van der Waals surface area contributed by atoms with E-state index in [1.54, 1.807) is 13.0 Å². The number of aryl methyl sites for hydroxylation is 1. The van der Waals surface area contributed by atoms with Crippen molar-refractivity contribution in [3.63, 3.8) is 0 Å². The van der Waals surface area contributed by atoms with Crippen molar-refractivity contribution in [3.8, 4) is 0 Å². The maximum absolute atomic E-state index is 13.5. The van der Waals surface area contributed by atoms with E-state index in [9.17, 15) is 9.18 Å². The molecule has 0 saturated carbocycles. The molecule has 0 aliphatic carbocycles. The summed E-state index contributed by atoms with van der Waals surface area (Å²) in [5.74, 6) is 0.100. The Balaban J connectivity index is 2.62. The van der Waals surface area contributed by atoms with Crippen molar-refractivity contribution in [2.24, 2.45) is 5.73 Å². The highest BCUT2D eigenvalue weighted by atomic mass is 35.5. The summed E-state index contributed by atoms with van der Waals surface area (Å²) in [5, 5.41) is 0. The van der Waals surface area contributed by atoms with E-state index in [0.29, 0.717) is 16.9 Å². The van der Waals surface area contributed by atoms with E-state index in [0.717, 1.165) is 5.52 Å². The summed E-state index contributed by atoms with van der Waals surface area (Å²) < 4.78 is 15.4. The highest BCUT2D eigenvalue weighted by Gasteiger charge is 2.18. The molecule has 0 aliphatic heterocycles. The Morgan fingerprint density at radius 3 is 2.84 bits per heavy atom. The molecule has 1 heterocycles. The molecular weight excluding hydrogens is 269 g/mol. The average Bonchev–Trinajstić information content (AvgIpc) is 2.66. The SMILES string of the molecule is Cc1cc2c(cc1F)nc(CCl)n2C(C)CC(N)=O. The number of hydrogen-bond donors (Lipinski definition) is 1. The van der Waals surface area contributed by atoms with Crippen LogP contribution in [0.5, 0.6) is 0 Å². The predicted octanol–water partition coefficient (Wildman–Crippen LogP) is 2.66. The highest BCUT2D eigenvalue weighted by Crippen LogP contribution is 2.26. The molecule has 2 aromatic rings. The van der Waals surface area contributed by atoms with Crippen molar-refractivity contribution < 1.29 is 9.18 Å². The van der Waals surface area contributed by atoms with Gasteiger partial charge < -0.3 is 10.3 Å². The molecule has 1 atom stereocenters. The van der Waals surface area contributed by atoms with Gasteiger partial charge >= 0.3 is 0 Å². The number of carbonyl (C=O) groups excluding carboxylic acids is 1. The van der Waals surface area contributed by atoms with Crippen LogP contribution >= 0.6 is 11.6 Å². The van der Waals surface area contributed by atoms with Gasteiger partial charge in [-0.05, 0) is 25.5 Å². The molecule has 1 amide bonds. The molecule has 4 nitrogen and oxygen atoms in total. The highest BCUT2D eigenvalue weighted by molar-refractivity contribution is 6.16. The third-order valence-corrected chi connectivity index (χ3v) is 3.34. The lowest BCUT2D eigenvalue weighted by molar-refractivity contribution is -0.118. The second kappa shape index (κ2) is 5.17. The molecule has 0 fully saturated rings. The van der Waals surface area contributed by atoms with Crippen LogP contribution in [0.15, 0.2) is 12.1 Å². The molecule has 2 rings (SSSR count). The van der Waals surface area contributed by atoms with Gasteiger partial charge in [-0.25, -0.2) is 9.37 Å². The normalized spacial score (nSPS) is 12.8. The van der Waals surface area contributed by atoms with Crippen molar-refractivity contribution in [2.45, 2.75) is 32.2 Å². The van der Waals surface area contributed by atoms with Gasteiger partial charge in [-0.1, -0.05) is 0 Å². The summed E-state index contributed by atoms with van der Waals surface area (Å²) in [6.07, 6.45) is 0.186. The Kier molecular flexibility index (Phi) is 3.75. The maximum Gasteiger partial charge on any atom is 0.219 e. The first kappa shape index (κ1) is 13.8. The monoisotopic (exact) mass is 283 g/mol. The Labute approximate surface area is 115 Å².